The average molecular weight is 286 g/mol. The highest BCUT2D eigenvalue weighted by molar-refractivity contribution is 7.10. The van der Waals surface area contributed by atoms with E-state index in [1.165, 1.54) is 0 Å². The van der Waals surface area contributed by atoms with E-state index in [-0.39, 0.29) is 12.5 Å². The zero-order valence-corrected chi connectivity index (χ0v) is 11.7. The minimum absolute atomic E-state index is 0.0186. The molecule has 0 atom stereocenters. The quantitative estimate of drug-likeness (QED) is 0.854. The van der Waals surface area contributed by atoms with Crippen LogP contribution < -0.4 is 10.1 Å². The molecule has 0 radical (unpaired) electrons. The summed E-state index contributed by atoms with van der Waals surface area (Å²) < 4.78 is 5.35. The fourth-order valence-corrected chi connectivity index (χ4v) is 2.15. The topological polar surface area (TPSA) is 51.2 Å². The minimum Gasteiger partial charge on any atom is -0.479 e. The summed E-state index contributed by atoms with van der Waals surface area (Å²) in [5.41, 5.74) is 0. The smallest absolute Gasteiger partial charge is 0.226 e. The summed E-state index contributed by atoms with van der Waals surface area (Å²) in [4.78, 5) is 16.5. The molecule has 0 aliphatic rings. The molecule has 0 fully saturated rings. The van der Waals surface area contributed by atoms with Crippen LogP contribution in [0.25, 0.3) is 0 Å². The number of pyridine rings is 1. The van der Waals surface area contributed by atoms with Gasteiger partial charge in [0.1, 0.15) is 12.4 Å². The predicted octanol–water partition coefficient (Wildman–Crippen LogP) is 1.88. The van der Waals surface area contributed by atoms with Gasteiger partial charge in [0.05, 0.1) is 19.2 Å². The lowest BCUT2D eigenvalue weighted by molar-refractivity contribution is -0.120. The van der Waals surface area contributed by atoms with Crippen LogP contribution in [0.4, 0.5) is 0 Å². The van der Waals surface area contributed by atoms with Crippen molar-refractivity contribution in [2.75, 3.05) is 13.2 Å². The van der Waals surface area contributed by atoms with Crippen molar-refractivity contribution in [2.24, 2.45) is 0 Å². The number of nitrogens with zero attached hydrogens (tertiary/aromatic N) is 1. The van der Waals surface area contributed by atoms with Gasteiger partial charge >= 0.3 is 0 Å². The maximum absolute atomic E-state index is 11.6. The predicted molar refractivity (Wildman–Crippen MR) is 78.5 cm³/mol. The van der Waals surface area contributed by atoms with Crippen molar-refractivity contribution < 1.29 is 9.53 Å². The molecule has 2 rings (SSSR count). The van der Waals surface area contributed by atoms with Gasteiger partial charge in [0.15, 0.2) is 0 Å². The van der Waals surface area contributed by atoms with Crippen molar-refractivity contribution in [3.8, 4) is 17.6 Å². The molecule has 1 amide bonds. The molecular weight excluding hydrogens is 272 g/mol. The van der Waals surface area contributed by atoms with Crippen molar-refractivity contribution in [3.63, 3.8) is 0 Å². The van der Waals surface area contributed by atoms with E-state index in [0.717, 1.165) is 4.88 Å². The number of hydrogen-bond donors (Lipinski definition) is 1. The first-order valence-corrected chi connectivity index (χ1v) is 7.00. The van der Waals surface area contributed by atoms with Gasteiger partial charge in [-0.1, -0.05) is 17.9 Å². The second kappa shape index (κ2) is 7.97. The van der Waals surface area contributed by atoms with E-state index in [1.54, 1.807) is 29.8 Å². The van der Waals surface area contributed by atoms with Crippen LogP contribution in [-0.4, -0.2) is 24.0 Å². The van der Waals surface area contributed by atoms with Gasteiger partial charge in [-0.05, 0) is 23.6 Å². The highest BCUT2D eigenvalue weighted by atomic mass is 32.1. The fourth-order valence-electron chi connectivity index (χ4n) is 1.44. The summed E-state index contributed by atoms with van der Waals surface area (Å²) in [6.45, 7) is 0.618. The third-order valence-corrected chi connectivity index (χ3v) is 3.24. The molecule has 0 saturated carbocycles. The lowest BCUT2D eigenvalue weighted by Gasteiger charge is -2.00. The van der Waals surface area contributed by atoms with E-state index in [9.17, 15) is 4.79 Å². The molecule has 2 aromatic heterocycles. The second-order valence-corrected chi connectivity index (χ2v) is 4.90. The first kappa shape index (κ1) is 14.1. The van der Waals surface area contributed by atoms with E-state index in [0.29, 0.717) is 18.7 Å². The molecule has 4 nitrogen and oxygen atoms in total. The SMILES string of the molecule is O=C(Cc1cccs1)NCC#CCOc1cccnc1. The van der Waals surface area contributed by atoms with Crippen LogP contribution in [-0.2, 0) is 11.2 Å². The van der Waals surface area contributed by atoms with E-state index in [1.807, 2.05) is 23.6 Å². The number of amides is 1. The van der Waals surface area contributed by atoms with Gasteiger partial charge < -0.3 is 10.1 Å². The Bertz CT molecular complexity index is 585. The zero-order valence-electron chi connectivity index (χ0n) is 10.8. The number of carbonyl (C=O) groups excluding carboxylic acids is 1. The van der Waals surface area contributed by atoms with Gasteiger partial charge in [0.2, 0.25) is 5.91 Å². The summed E-state index contributed by atoms with van der Waals surface area (Å²) in [5, 5.41) is 4.70. The number of nitrogens with one attached hydrogen (secondary N) is 1. The van der Waals surface area contributed by atoms with Gasteiger partial charge in [0, 0.05) is 11.1 Å². The lowest BCUT2D eigenvalue weighted by atomic mass is 10.3. The Morgan fingerprint density at radius 1 is 1.35 bits per heavy atom. The molecule has 0 saturated heterocycles. The maximum Gasteiger partial charge on any atom is 0.226 e. The van der Waals surface area contributed by atoms with Crippen LogP contribution in [0, 0.1) is 11.8 Å². The zero-order chi connectivity index (χ0) is 14.0. The van der Waals surface area contributed by atoms with Crippen molar-refractivity contribution in [2.45, 2.75) is 6.42 Å². The normalized spacial score (nSPS) is 9.40. The Hall–Kier alpha value is -2.32. The van der Waals surface area contributed by atoms with E-state index in [2.05, 4.69) is 22.1 Å². The molecule has 2 aromatic rings. The lowest BCUT2D eigenvalue weighted by Crippen LogP contribution is -2.25. The van der Waals surface area contributed by atoms with E-state index < -0.39 is 0 Å². The molecule has 20 heavy (non-hydrogen) atoms. The molecular formula is C15H14N2O2S. The summed E-state index contributed by atoms with van der Waals surface area (Å²) in [7, 11) is 0. The standard InChI is InChI=1S/C15H14N2O2S/c18-15(11-14-6-4-10-20-14)17-8-1-2-9-19-13-5-3-7-16-12-13/h3-7,10,12H,8-9,11H2,(H,17,18). The van der Waals surface area contributed by atoms with Crippen LogP contribution in [0.15, 0.2) is 42.0 Å². The molecule has 0 unspecified atom stereocenters. The molecule has 0 spiro atoms. The van der Waals surface area contributed by atoms with Crippen molar-refractivity contribution in [1.82, 2.24) is 10.3 Å². The van der Waals surface area contributed by atoms with Gasteiger partial charge in [-0.2, -0.15) is 0 Å². The first-order chi connectivity index (χ1) is 9.84. The van der Waals surface area contributed by atoms with Gasteiger partial charge in [-0.25, -0.2) is 0 Å². The molecule has 1 N–H and O–H groups in total. The highest BCUT2D eigenvalue weighted by Gasteiger charge is 2.01. The largest absolute Gasteiger partial charge is 0.479 e. The van der Waals surface area contributed by atoms with Gasteiger partial charge in [-0.3, -0.25) is 9.78 Å². The number of hydrogen-bond acceptors (Lipinski definition) is 4. The first-order valence-electron chi connectivity index (χ1n) is 6.12. The van der Waals surface area contributed by atoms with E-state index in [4.69, 9.17) is 4.74 Å². The van der Waals surface area contributed by atoms with Gasteiger partial charge in [0.25, 0.3) is 0 Å². The monoisotopic (exact) mass is 286 g/mol. The van der Waals surface area contributed by atoms with Crippen molar-refractivity contribution in [1.29, 1.82) is 0 Å². The summed E-state index contributed by atoms with van der Waals surface area (Å²) in [6, 6.07) is 7.49. The molecule has 0 aliphatic heterocycles. The third kappa shape index (κ3) is 5.12. The van der Waals surface area contributed by atoms with Crippen LogP contribution >= 0.6 is 11.3 Å². The number of ether oxygens (including phenoxy) is 1. The van der Waals surface area contributed by atoms with Gasteiger partial charge in [-0.15, -0.1) is 11.3 Å². The highest BCUT2D eigenvalue weighted by Crippen LogP contribution is 2.08. The van der Waals surface area contributed by atoms with Crippen LogP contribution in [0.2, 0.25) is 0 Å². The van der Waals surface area contributed by atoms with Crippen LogP contribution in [0.3, 0.4) is 0 Å². The Balaban J connectivity index is 1.61. The third-order valence-electron chi connectivity index (χ3n) is 2.36. The van der Waals surface area contributed by atoms with Crippen LogP contribution in [0.1, 0.15) is 4.88 Å². The Labute approximate surface area is 121 Å². The molecule has 0 aliphatic carbocycles. The summed E-state index contributed by atoms with van der Waals surface area (Å²) in [6.07, 6.45) is 3.72. The molecule has 102 valence electrons. The van der Waals surface area contributed by atoms with Crippen molar-refractivity contribution in [3.05, 3.63) is 46.9 Å². The summed E-state index contributed by atoms with van der Waals surface area (Å²) in [5.74, 6) is 6.34. The number of rotatable bonds is 5. The molecule has 5 heteroatoms. The van der Waals surface area contributed by atoms with E-state index >= 15 is 0 Å². The summed E-state index contributed by atoms with van der Waals surface area (Å²) >= 11 is 1.57. The molecule has 0 bridgehead atoms. The molecule has 0 aromatic carbocycles. The van der Waals surface area contributed by atoms with Crippen molar-refractivity contribution >= 4 is 17.2 Å². The number of aromatic nitrogens is 1. The minimum atomic E-state index is -0.0186. The fraction of sp³-hybridized carbons (Fsp3) is 0.200. The Kier molecular flexibility index (Phi) is 5.62. The Morgan fingerprint density at radius 3 is 3.05 bits per heavy atom. The Morgan fingerprint density at radius 2 is 2.30 bits per heavy atom. The maximum atomic E-state index is 11.6. The second-order valence-electron chi connectivity index (χ2n) is 3.86. The number of thiophene rings is 1. The molecule has 2 heterocycles. The van der Waals surface area contributed by atoms with Crippen LogP contribution in [0.5, 0.6) is 5.75 Å². The number of carbonyl (C=O) groups is 1. The average Bonchev–Trinajstić information content (AvgIpc) is 2.96.